The van der Waals surface area contributed by atoms with Crippen LogP contribution in [0.4, 0.5) is 4.79 Å². The van der Waals surface area contributed by atoms with Gasteiger partial charge in [0.15, 0.2) is 0 Å². The molecule has 3 N–H and O–H groups in total. The van der Waals surface area contributed by atoms with Crippen molar-refractivity contribution in [2.45, 2.75) is 51.5 Å². The van der Waals surface area contributed by atoms with Crippen molar-refractivity contribution in [1.82, 2.24) is 10.6 Å². The molecule has 1 aliphatic rings. The van der Waals surface area contributed by atoms with Crippen LogP contribution in [0.2, 0.25) is 0 Å². The Balaban J connectivity index is 2.18. The monoisotopic (exact) mass is 286 g/mol. The zero-order chi connectivity index (χ0) is 14.8. The highest BCUT2D eigenvalue weighted by Crippen LogP contribution is 2.24. The molecule has 0 bridgehead atoms. The molecule has 6 heteroatoms. The fraction of sp³-hybridized carbons (Fsp3) is 0.857. The molecule has 6 nitrogen and oxygen atoms in total. The number of rotatable bonds is 8. The fourth-order valence-electron chi connectivity index (χ4n) is 2.44. The summed E-state index contributed by atoms with van der Waals surface area (Å²) in [6.07, 6.45) is 5.03. The van der Waals surface area contributed by atoms with Crippen LogP contribution in [-0.4, -0.2) is 42.9 Å². The molecule has 20 heavy (non-hydrogen) atoms. The van der Waals surface area contributed by atoms with Gasteiger partial charge < -0.3 is 20.5 Å². The van der Waals surface area contributed by atoms with Gasteiger partial charge in [-0.3, -0.25) is 4.79 Å². The van der Waals surface area contributed by atoms with Crippen molar-refractivity contribution in [2.24, 2.45) is 5.92 Å². The van der Waals surface area contributed by atoms with Gasteiger partial charge in [0, 0.05) is 25.8 Å². The van der Waals surface area contributed by atoms with Gasteiger partial charge in [-0.1, -0.05) is 19.8 Å². The summed E-state index contributed by atoms with van der Waals surface area (Å²) in [5.41, 5.74) is 0. The number of carboxylic acid groups (broad SMARTS) is 1. The number of aliphatic carboxylic acids is 1. The van der Waals surface area contributed by atoms with E-state index in [0.717, 1.165) is 38.7 Å². The van der Waals surface area contributed by atoms with Gasteiger partial charge in [0.25, 0.3) is 0 Å². The van der Waals surface area contributed by atoms with Crippen LogP contribution in [0.3, 0.4) is 0 Å². The van der Waals surface area contributed by atoms with Crippen molar-refractivity contribution in [3.05, 3.63) is 0 Å². The Hall–Kier alpha value is -1.30. The molecule has 0 aromatic heterocycles. The van der Waals surface area contributed by atoms with E-state index in [4.69, 9.17) is 9.84 Å². The second-order valence-corrected chi connectivity index (χ2v) is 5.20. The quantitative estimate of drug-likeness (QED) is 0.593. The third kappa shape index (κ3) is 6.23. The van der Waals surface area contributed by atoms with Crippen LogP contribution >= 0.6 is 0 Å². The van der Waals surface area contributed by atoms with Crippen molar-refractivity contribution in [1.29, 1.82) is 0 Å². The predicted molar refractivity (Wildman–Crippen MR) is 75.6 cm³/mol. The largest absolute Gasteiger partial charge is 0.481 e. The molecular weight excluding hydrogens is 260 g/mol. The maximum absolute atomic E-state index is 11.7. The summed E-state index contributed by atoms with van der Waals surface area (Å²) >= 11 is 0. The molecular formula is C14H26N2O4. The third-order valence-corrected chi connectivity index (χ3v) is 3.50. The second-order valence-electron chi connectivity index (χ2n) is 5.20. The Bertz CT molecular complexity index is 310. The summed E-state index contributed by atoms with van der Waals surface area (Å²) in [4.78, 5) is 22.8. The first-order valence-electron chi connectivity index (χ1n) is 7.50. The van der Waals surface area contributed by atoms with E-state index in [2.05, 4.69) is 17.6 Å². The second kappa shape index (κ2) is 9.58. The number of nitrogens with one attached hydrogen (secondary N) is 2. The van der Waals surface area contributed by atoms with Crippen molar-refractivity contribution in [3.63, 3.8) is 0 Å². The molecule has 0 spiro atoms. The first kappa shape index (κ1) is 16.8. The lowest BCUT2D eigenvalue weighted by Gasteiger charge is -2.29. The summed E-state index contributed by atoms with van der Waals surface area (Å²) in [5.74, 6) is -1.27. The first-order chi connectivity index (χ1) is 9.65. The highest BCUT2D eigenvalue weighted by atomic mass is 16.5. The van der Waals surface area contributed by atoms with Gasteiger partial charge in [0.1, 0.15) is 0 Å². The lowest BCUT2D eigenvalue weighted by Crippen LogP contribution is -2.49. The summed E-state index contributed by atoms with van der Waals surface area (Å²) < 4.78 is 5.31. The standard InChI is InChI=1S/C14H26N2O4/c1-2-9-20-10-5-8-15-14(19)16-12-7-4-3-6-11(12)13(17)18/h11-12H,2-10H2,1H3,(H,17,18)(H2,15,16,19). The molecule has 0 aromatic carbocycles. The van der Waals surface area contributed by atoms with Gasteiger partial charge in [-0.25, -0.2) is 4.79 Å². The number of carbonyl (C=O) groups excluding carboxylic acids is 1. The smallest absolute Gasteiger partial charge is 0.315 e. The average Bonchev–Trinajstić information content (AvgIpc) is 2.43. The number of hydrogen-bond donors (Lipinski definition) is 3. The van der Waals surface area contributed by atoms with Crippen LogP contribution < -0.4 is 10.6 Å². The van der Waals surface area contributed by atoms with E-state index in [1.54, 1.807) is 0 Å². The maximum atomic E-state index is 11.7. The Labute approximate surface area is 120 Å². The molecule has 0 aromatic rings. The Morgan fingerprint density at radius 3 is 2.70 bits per heavy atom. The number of carboxylic acids is 1. The van der Waals surface area contributed by atoms with Crippen LogP contribution in [0, 0.1) is 5.92 Å². The van der Waals surface area contributed by atoms with Crippen LogP contribution in [0.5, 0.6) is 0 Å². The Kier molecular flexibility index (Phi) is 8.02. The summed E-state index contributed by atoms with van der Waals surface area (Å²) in [7, 11) is 0. The normalized spacial score (nSPS) is 22.2. The zero-order valence-electron chi connectivity index (χ0n) is 12.2. The van der Waals surface area contributed by atoms with Crippen LogP contribution in [0.25, 0.3) is 0 Å². The van der Waals surface area contributed by atoms with E-state index in [1.807, 2.05) is 0 Å². The van der Waals surface area contributed by atoms with Crippen LogP contribution in [0.1, 0.15) is 45.4 Å². The minimum atomic E-state index is -0.817. The van der Waals surface area contributed by atoms with E-state index in [9.17, 15) is 9.59 Å². The van der Waals surface area contributed by atoms with Crippen molar-refractivity contribution >= 4 is 12.0 Å². The molecule has 0 radical (unpaired) electrons. The summed E-state index contributed by atoms with van der Waals surface area (Å²) in [6.45, 7) is 3.97. The third-order valence-electron chi connectivity index (χ3n) is 3.50. The Morgan fingerprint density at radius 2 is 2.00 bits per heavy atom. The molecule has 0 aliphatic heterocycles. The predicted octanol–water partition coefficient (Wildman–Crippen LogP) is 1.75. The highest BCUT2D eigenvalue weighted by Gasteiger charge is 2.31. The highest BCUT2D eigenvalue weighted by molar-refractivity contribution is 5.76. The van der Waals surface area contributed by atoms with Crippen LogP contribution in [0.15, 0.2) is 0 Å². The number of ether oxygens (including phenoxy) is 1. The van der Waals surface area contributed by atoms with Gasteiger partial charge in [-0.2, -0.15) is 0 Å². The van der Waals surface area contributed by atoms with Crippen molar-refractivity contribution in [2.75, 3.05) is 19.8 Å². The van der Waals surface area contributed by atoms with E-state index in [0.29, 0.717) is 19.6 Å². The fourth-order valence-corrected chi connectivity index (χ4v) is 2.44. The molecule has 1 fully saturated rings. The van der Waals surface area contributed by atoms with Gasteiger partial charge in [-0.05, 0) is 25.7 Å². The number of hydrogen-bond acceptors (Lipinski definition) is 3. The molecule has 1 saturated carbocycles. The molecule has 116 valence electrons. The zero-order valence-corrected chi connectivity index (χ0v) is 12.2. The van der Waals surface area contributed by atoms with E-state index >= 15 is 0 Å². The molecule has 0 saturated heterocycles. The maximum Gasteiger partial charge on any atom is 0.315 e. The minimum Gasteiger partial charge on any atom is -0.481 e. The molecule has 0 heterocycles. The minimum absolute atomic E-state index is 0.252. The van der Waals surface area contributed by atoms with E-state index in [1.165, 1.54) is 0 Å². The average molecular weight is 286 g/mol. The van der Waals surface area contributed by atoms with Gasteiger partial charge in [-0.15, -0.1) is 0 Å². The van der Waals surface area contributed by atoms with Crippen molar-refractivity contribution in [3.8, 4) is 0 Å². The molecule has 2 unspecified atom stereocenters. The molecule has 1 rings (SSSR count). The number of amides is 2. The number of urea groups is 1. The molecule has 2 amide bonds. The van der Waals surface area contributed by atoms with E-state index < -0.39 is 11.9 Å². The molecule has 1 aliphatic carbocycles. The summed E-state index contributed by atoms with van der Waals surface area (Å²) in [6, 6.07) is -0.531. The van der Waals surface area contributed by atoms with Gasteiger partial charge in [0.05, 0.1) is 5.92 Å². The van der Waals surface area contributed by atoms with Crippen molar-refractivity contribution < 1.29 is 19.4 Å². The van der Waals surface area contributed by atoms with Crippen LogP contribution in [-0.2, 0) is 9.53 Å². The van der Waals surface area contributed by atoms with Gasteiger partial charge in [0.2, 0.25) is 0 Å². The Morgan fingerprint density at radius 1 is 1.25 bits per heavy atom. The SMILES string of the molecule is CCCOCCCNC(=O)NC1CCCCC1C(=O)O. The topological polar surface area (TPSA) is 87.7 Å². The number of carbonyl (C=O) groups is 2. The lowest BCUT2D eigenvalue weighted by atomic mass is 9.84. The van der Waals surface area contributed by atoms with Gasteiger partial charge >= 0.3 is 12.0 Å². The van der Waals surface area contributed by atoms with E-state index in [-0.39, 0.29) is 12.1 Å². The molecule has 2 atom stereocenters. The lowest BCUT2D eigenvalue weighted by molar-refractivity contribution is -0.143. The first-order valence-corrected chi connectivity index (χ1v) is 7.50. The summed E-state index contributed by atoms with van der Waals surface area (Å²) in [5, 5.41) is 14.7.